The van der Waals surface area contributed by atoms with Crippen molar-refractivity contribution in [2.24, 2.45) is 0 Å². The molecule has 0 aliphatic carbocycles. The highest BCUT2D eigenvalue weighted by atomic mass is 19.1. The molecule has 1 aliphatic rings. The normalized spacial score (nSPS) is 21.4. The molecule has 0 bridgehead atoms. The number of halogens is 1. The minimum Gasteiger partial charge on any atom is -0.490 e. The van der Waals surface area contributed by atoms with Crippen molar-refractivity contribution in [3.8, 4) is 11.5 Å². The van der Waals surface area contributed by atoms with E-state index in [0.717, 1.165) is 5.56 Å². The zero-order valence-electron chi connectivity index (χ0n) is 16.3. The van der Waals surface area contributed by atoms with Crippen molar-refractivity contribution in [3.63, 3.8) is 0 Å². The van der Waals surface area contributed by atoms with E-state index in [1.165, 1.54) is 18.2 Å². The molecule has 28 heavy (non-hydrogen) atoms. The van der Waals surface area contributed by atoms with Crippen LogP contribution in [0.15, 0.2) is 42.5 Å². The lowest BCUT2D eigenvalue weighted by molar-refractivity contribution is 0.0928. The molecule has 0 radical (unpaired) electrons. The van der Waals surface area contributed by atoms with Gasteiger partial charge in [0.15, 0.2) is 11.5 Å². The molecule has 2 aromatic rings. The van der Waals surface area contributed by atoms with Crippen molar-refractivity contribution in [2.45, 2.75) is 38.9 Å². The highest BCUT2D eigenvalue weighted by Gasteiger charge is 2.36. The Morgan fingerprint density at radius 2 is 1.82 bits per heavy atom. The first kappa shape index (κ1) is 20.1. The van der Waals surface area contributed by atoms with E-state index >= 15 is 0 Å². The second-order valence-electron chi connectivity index (χ2n) is 6.64. The summed E-state index contributed by atoms with van der Waals surface area (Å²) in [5, 5.41) is 2.94. The Hall–Kier alpha value is -2.64. The van der Waals surface area contributed by atoms with Crippen molar-refractivity contribution < 1.29 is 18.7 Å². The topological polar surface area (TPSA) is 71.6 Å². The van der Waals surface area contributed by atoms with Gasteiger partial charge >= 0.3 is 0 Å². The monoisotopic (exact) mass is 387 g/mol. The molecular formula is C21H26FN3O3. The first-order valence-corrected chi connectivity index (χ1v) is 9.50. The molecule has 1 saturated heterocycles. The van der Waals surface area contributed by atoms with E-state index in [2.05, 4.69) is 16.2 Å². The molecule has 3 unspecified atom stereocenters. The van der Waals surface area contributed by atoms with E-state index in [0.29, 0.717) is 24.7 Å². The number of rotatable bonds is 7. The molecule has 6 nitrogen and oxygen atoms in total. The summed E-state index contributed by atoms with van der Waals surface area (Å²) in [6, 6.07) is 11.5. The van der Waals surface area contributed by atoms with Gasteiger partial charge in [-0.2, -0.15) is 0 Å². The first-order chi connectivity index (χ1) is 13.5. The van der Waals surface area contributed by atoms with Crippen LogP contribution in [0.5, 0.6) is 11.5 Å². The molecule has 3 rings (SSSR count). The van der Waals surface area contributed by atoms with Crippen LogP contribution in [-0.2, 0) is 0 Å². The lowest BCUT2D eigenvalue weighted by atomic mass is 9.91. The molecule has 0 aromatic heterocycles. The number of hydrogen-bond acceptors (Lipinski definition) is 5. The van der Waals surface area contributed by atoms with Crippen LogP contribution < -0.4 is 25.6 Å². The number of nitrogens with one attached hydrogen (secondary N) is 3. The van der Waals surface area contributed by atoms with Gasteiger partial charge in [0.05, 0.1) is 13.2 Å². The number of benzene rings is 2. The average molecular weight is 387 g/mol. The summed E-state index contributed by atoms with van der Waals surface area (Å²) < 4.78 is 24.8. The Morgan fingerprint density at radius 1 is 1.07 bits per heavy atom. The van der Waals surface area contributed by atoms with Gasteiger partial charge < -0.3 is 14.8 Å². The molecular weight excluding hydrogens is 361 g/mol. The Bertz CT molecular complexity index is 830. The third-order valence-electron chi connectivity index (χ3n) is 4.69. The van der Waals surface area contributed by atoms with Crippen LogP contribution in [0.2, 0.25) is 0 Å². The Labute approximate surface area is 164 Å². The summed E-state index contributed by atoms with van der Waals surface area (Å²) in [7, 11) is 0. The van der Waals surface area contributed by atoms with Crippen molar-refractivity contribution in [1.29, 1.82) is 0 Å². The Kier molecular flexibility index (Phi) is 6.49. The van der Waals surface area contributed by atoms with Gasteiger partial charge in [-0.1, -0.05) is 12.1 Å². The number of amides is 1. The lowest BCUT2D eigenvalue weighted by Gasteiger charge is -2.23. The van der Waals surface area contributed by atoms with Crippen LogP contribution >= 0.6 is 0 Å². The molecule has 3 atom stereocenters. The van der Waals surface area contributed by atoms with E-state index < -0.39 is 5.82 Å². The van der Waals surface area contributed by atoms with Crippen molar-refractivity contribution in [1.82, 2.24) is 16.2 Å². The summed E-state index contributed by atoms with van der Waals surface area (Å²) in [4.78, 5) is 12.6. The molecule has 150 valence electrons. The lowest BCUT2D eigenvalue weighted by Crippen LogP contribution is -2.46. The summed E-state index contributed by atoms with van der Waals surface area (Å²) >= 11 is 0. The predicted molar refractivity (Wildman–Crippen MR) is 105 cm³/mol. The van der Waals surface area contributed by atoms with E-state index in [4.69, 9.17) is 9.47 Å². The first-order valence-electron chi connectivity index (χ1n) is 9.50. The minimum atomic E-state index is -0.442. The van der Waals surface area contributed by atoms with E-state index in [1.807, 2.05) is 39.0 Å². The number of hydrogen-bond donors (Lipinski definition) is 3. The fraction of sp³-hybridized carbons (Fsp3) is 0.381. The van der Waals surface area contributed by atoms with Gasteiger partial charge in [0, 0.05) is 17.5 Å². The number of ether oxygens (including phenoxy) is 2. The zero-order valence-corrected chi connectivity index (χ0v) is 16.3. The van der Waals surface area contributed by atoms with Crippen LogP contribution in [0.25, 0.3) is 0 Å². The van der Waals surface area contributed by atoms with Crippen LogP contribution in [0.4, 0.5) is 4.39 Å². The molecule has 0 spiro atoms. The van der Waals surface area contributed by atoms with Gasteiger partial charge in [0.2, 0.25) is 0 Å². The van der Waals surface area contributed by atoms with Crippen molar-refractivity contribution >= 4 is 5.91 Å². The summed E-state index contributed by atoms with van der Waals surface area (Å²) in [5.74, 6) is 0.542. The van der Waals surface area contributed by atoms with Gasteiger partial charge in [0.1, 0.15) is 12.0 Å². The second-order valence-corrected chi connectivity index (χ2v) is 6.64. The van der Waals surface area contributed by atoms with Crippen molar-refractivity contribution in [2.75, 3.05) is 13.2 Å². The zero-order chi connectivity index (χ0) is 20.1. The fourth-order valence-corrected chi connectivity index (χ4v) is 3.43. The van der Waals surface area contributed by atoms with Gasteiger partial charge in [-0.3, -0.25) is 10.2 Å². The summed E-state index contributed by atoms with van der Waals surface area (Å²) in [5.41, 5.74) is 7.56. The minimum absolute atomic E-state index is 0.0487. The van der Waals surface area contributed by atoms with Crippen LogP contribution in [-0.4, -0.2) is 31.3 Å². The number of carbonyl (C=O) groups is 1. The van der Waals surface area contributed by atoms with Crippen molar-refractivity contribution in [3.05, 3.63) is 59.4 Å². The third kappa shape index (κ3) is 4.43. The second kappa shape index (κ2) is 9.03. The Morgan fingerprint density at radius 3 is 2.54 bits per heavy atom. The third-order valence-corrected chi connectivity index (χ3v) is 4.69. The van der Waals surface area contributed by atoms with Gasteiger partial charge in [0.25, 0.3) is 5.91 Å². The molecule has 1 aliphatic heterocycles. The molecule has 1 amide bonds. The fourth-order valence-electron chi connectivity index (χ4n) is 3.43. The largest absolute Gasteiger partial charge is 0.490 e. The molecule has 1 fully saturated rings. The van der Waals surface area contributed by atoms with Gasteiger partial charge in [-0.15, -0.1) is 0 Å². The highest BCUT2D eigenvalue weighted by Crippen LogP contribution is 2.34. The number of carbonyl (C=O) groups excluding carboxylic acids is 1. The van der Waals surface area contributed by atoms with Crippen LogP contribution in [0.1, 0.15) is 42.6 Å². The maximum Gasteiger partial charge on any atom is 0.252 e. The molecule has 7 heteroatoms. The number of hydrazine groups is 1. The molecule has 1 heterocycles. The van der Waals surface area contributed by atoms with Gasteiger partial charge in [-0.05, 0) is 56.7 Å². The maximum absolute atomic E-state index is 13.4. The standard InChI is InChI=1S/C21H26FN3O3/c1-4-27-17-10-9-14(12-18(17)28-5-2)19-13(3)24-25-20(19)23-21(26)15-7-6-8-16(22)11-15/h6-13,19-20,24-25H,4-5H2,1-3H3,(H,23,26). The highest BCUT2D eigenvalue weighted by molar-refractivity contribution is 5.94. The Balaban J connectivity index is 1.83. The predicted octanol–water partition coefficient (Wildman–Crippen LogP) is 2.96. The smallest absolute Gasteiger partial charge is 0.252 e. The van der Waals surface area contributed by atoms with Crippen LogP contribution in [0.3, 0.4) is 0 Å². The summed E-state index contributed by atoms with van der Waals surface area (Å²) in [6.07, 6.45) is -0.363. The van der Waals surface area contributed by atoms with E-state index in [-0.39, 0.29) is 29.6 Å². The average Bonchev–Trinajstić information content (AvgIpc) is 3.03. The SMILES string of the molecule is CCOc1ccc(C2C(C)NNC2NC(=O)c2cccc(F)c2)cc1OCC. The van der Waals surface area contributed by atoms with E-state index in [1.54, 1.807) is 6.07 Å². The molecule has 2 aromatic carbocycles. The molecule has 3 N–H and O–H groups in total. The van der Waals surface area contributed by atoms with Crippen LogP contribution in [0, 0.1) is 5.82 Å². The quantitative estimate of drug-likeness (QED) is 0.681. The maximum atomic E-state index is 13.4. The molecule has 0 saturated carbocycles. The summed E-state index contributed by atoms with van der Waals surface area (Å²) in [6.45, 7) is 6.96. The van der Waals surface area contributed by atoms with Gasteiger partial charge in [-0.25, -0.2) is 9.82 Å². The van der Waals surface area contributed by atoms with E-state index in [9.17, 15) is 9.18 Å².